The van der Waals surface area contributed by atoms with E-state index in [0.29, 0.717) is 16.8 Å². The highest BCUT2D eigenvalue weighted by Gasteiger charge is 2.26. The minimum absolute atomic E-state index is 0.0664. The maximum Gasteiger partial charge on any atom is 0.305 e. The standard InChI is InChI=1S/C18H20N2O5S/c1-12-9-16(10-13(2)17(12)26(24,25)11-20(22)23)19-18(21)14(3)15-7-5-4-6-8-15/h4-10,14H,11H2,1-3H3,(H,19,21). The molecular weight excluding hydrogens is 356 g/mol. The monoisotopic (exact) mass is 376 g/mol. The topological polar surface area (TPSA) is 106 Å². The van der Waals surface area contributed by atoms with Gasteiger partial charge in [-0.05, 0) is 49.6 Å². The van der Waals surface area contributed by atoms with Crippen molar-refractivity contribution in [1.29, 1.82) is 0 Å². The zero-order chi connectivity index (χ0) is 19.5. The summed E-state index contributed by atoms with van der Waals surface area (Å²) in [7, 11) is -4.04. The summed E-state index contributed by atoms with van der Waals surface area (Å²) in [5, 5.41) is 13.4. The molecule has 0 saturated heterocycles. The van der Waals surface area contributed by atoms with Crippen molar-refractivity contribution >= 4 is 21.4 Å². The third kappa shape index (κ3) is 4.45. The van der Waals surface area contributed by atoms with Gasteiger partial charge in [0.15, 0.2) is 0 Å². The summed E-state index contributed by atoms with van der Waals surface area (Å²) >= 11 is 0. The smallest absolute Gasteiger partial charge is 0.305 e. The second-order valence-corrected chi connectivity index (χ2v) is 8.03. The van der Waals surface area contributed by atoms with E-state index in [1.54, 1.807) is 20.8 Å². The Morgan fingerprint density at radius 3 is 2.19 bits per heavy atom. The highest BCUT2D eigenvalue weighted by atomic mass is 32.2. The number of hydrogen-bond donors (Lipinski definition) is 1. The molecule has 138 valence electrons. The van der Waals surface area contributed by atoms with Crippen LogP contribution in [0.5, 0.6) is 0 Å². The molecule has 1 unspecified atom stereocenters. The number of anilines is 1. The van der Waals surface area contributed by atoms with Crippen LogP contribution >= 0.6 is 0 Å². The van der Waals surface area contributed by atoms with Gasteiger partial charge in [-0.2, -0.15) is 0 Å². The molecule has 0 aromatic heterocycles. The quantitative estimate of drug-likeness (QED) is 0.616. The van der Waals surface area contributed by atoms with E-state index >= 15 is 0 Å². The third-order valence-corrected chi connectivity index (χ3v) is 5.82. The van der Waals surface area contributed by atoms with Crippen LogP contribution in [0, 0.1) is 24.0 Å². The highest BCUT2D eigenvalue weighted by molar-refractivity contribution is 7.91. The minimum atomic E-state index is -4.04. The lowest BCUT2D eigenvalue weighted by molar-refractivity contribution is -0.458. The van der Waals surface area contributed by atoms with Crippen molar-refractivity contribution in [3.63, 3.8) is 0 Å². The van der Waals surface area contributed by atoms with Gasteiger partial charge in [-0.15, -0.1) is 0 Å². The van der Waals surface area contributed by atoms with Gasteiger partial charge in [-0.25, -0.2) is 8.42 Å². The van der Waals surface area contributed by atoms with E-state index in [9.17, 15) is 23.3 Å². The molecule has 2 aromatic rings. The van der Waals surface area contributed by atoms with Gasteiger partial charge in [0, 0.05) is 10.6 Å². The molecule has 0 fully saturated rings. The van der Waals surface area contributed by atoms with Crippen LogP contribution < -0.4 is 5.32 Å². The molecule has 2 aromatic carbocycles. The summed E-state index contributed by atoms with van der Waals surface area (Å²) in [6.07, 6.45) is 0. The number of carbonyl (C=O) groups is 1. The number of amides is 1. The van der Waals surface area contributed by atoms with E-state index in [-0.39, 0.29) is 16.7 Å². The molecule has 0 spiro atoms. The maximum absolute atomic E-state index is 12.4. The number of nitrogens with zero attached hydrogens (tertiary/aromatic N) is 1. The van der Waals surface area contributed by atoms with E-state index in [4.69, 9.17) is 0 Å². The molecule has 0 bridgehead atoms. The number of nitro groups is 1. The molecule has 1 atom stereocenters. The molecule has 7 nitrogen and oxygen atoms in total. The van der Waals surface area contributed by atoms with Gasteiger partial charge in [0.05, 0.1) is 10.8 Å². The van der Waals surface area contributed by atoms with Crippen molar-refractivity contribution in [1.82, 2.24) is 0 Å². The Labute approximate surface area is 152 Å². The van der Waals surface area contributed by atoms with Crippen molar-refractivity contribution in [3.8, 4) is 0 Å². The molecule has 26 heavy (non-hydrogen) atoms. The first-order valence-corrected chi connectivity index (χ1v) is 9.58. The van der Waals surface area contributed by atoms with Crippen molar-refractivity contribution in [2.45, 2.75) is 31.6 Å². The molecule has 0 aliphatic carbocycles. The summed E-state index contributed by atoms with van der Waals surface area (Å²) in [6, 6.07) is 12.3. The van der Waals surface area contributed by atoms with Crippen LogP contribution in [0.1, 0.15) is 29.5 Å². The first-order valence-electron chi connectivity index (χ1n) is 7.93. The van der Waals surface area contributed by atoms with E-state index in [0.717, 1.165) is 5.56 Å². The van der Waals surface area contributed by atoms with Crippen LogP contribution in [0.25, 0.3) is 0 Å². The zero-order valence-electron chi connectivity index (χ0n) is 14.7. The highest BCUT2D eigenvalue weighted by Crippen LogP contribution is 2.26. The second-order valence-electron chi connectivity index (χ2n) is 6.14. The number of hydrogen-bond acceptors (Lipinski definition) is 5. The molecule has 0 radical (unpaired) electrons. The average Bonchev–Trinajstić information content (AvgIpc) is 2.52. The van der Waals surface area contributed by atoms with Crippen molar-refractivity contribution < 1.29 is 18.1 Å². The molecule has 8 heteroatoms. The Hall–Kier alpha value is -2.74. The second kappa shape index (κ2) is 7.65. The Morgan fingerprint density at radius 1 is 1.15 bits per heavy atom. The first-order chi connectivity index (χ1) is 12.1. The van der Waals surface area contributed by atoms with E-state index in [2.05, 4.69) is 5.32 Å². The Morgan fingerprint density at radius 2 is 1.69 bits per heavy atom. The maximum atomic E-state index is 12.4. The lowest BCUT2D eigenvalue weighted by Gasteiger charge is -2.15. The van der Waals surface area contributed by atoms with Gasteiger partial charge in [0.25, 0.3) is 0 Å². The van der Waals surface area contributed by atoms with E-state index < -0.39 is 20.6 Å². The number of benzene rings is 2. The normalized spacial score (nSPS) is 12.4. The molecule has 0 heterocycles. The van der Waals surface area contributed by atoms with Crippen molar-refractivity contribution in [2.75, 3.05) is 11.2 Å². The minimum Gasteiger partial charge on any atom is -0.326 e. The Kier molecular flexibility index (Phi) is 5.76. The lowest BCUT2D eigenvalue weighted by Crippen LogP contribution is -2.20. The summed E-state index contributed by atoms with van der Waals surface area (Å²) in [4.78, 5) is 22.1. The van der Waals surface area contributed by atoms with Crippen molar-refractivity contribution in [2.24, 2.45) is 0 Å². The fourth-order valence-electron chi connectivity index (χ4n) is 2.86. The summed E-state index contributed by atoms with van der Waals surface area (Å²) in [5.41, 5.74) is 2.03. The SMILES string of the molecule is Cc1cc(NC(=O)C(C)c2ccccc2)cc(C)c1S(=O)(=O)C[N+](=O)[O-]. The summed E-state index contributed by atoms with van der Waals surface area (Å²) in [5.74, 6) is -1.77. The van der Waals surface area contributed by atoms with Crippen LogP contribution in [0.4, 0.5) is 5.69 Å². The summed E-state index contributed by atoms with van der Waals surface area (Å²) in [6.45, 7) is 4.88. The molecule has 0 aliphatic rings. The van der Waals surface area contributed by atoms with Crippen LogP contribution in [0.3, 0.4) is 0 Å². The molecule has 0 aliphatic heterocycles. The zero-order valence-corrected chi connectivity index (χ0v) is 15.5. The van der Waals surface area contributed by atoms with Gasteiger partial charge >= 0.3 is 5.88 Å². The van der Waals surface area contributed by atoms with E-state index in [1.165, 1.54) is 12.1 Å². The molecule has 2 rings (SSSR count). The predicted molar refractivity (Wildman–Crippen MR) is 98.4 cm³/mol. The molecule has 0 saturated carbocycles. The fraction of sp³-hybridized carbons (Fsp3) is 0.278. The number of rotatable bonds is 6. The van der Waals surface area contributed by atoms with Gasteiger partial charge in [0.2, 0.25) is 15.7 Å². The van der Waals surface area contributed by atoms with Crippen molar-refractivity contribution in [3.05, 3.63) is 69.3 Å². The van der Waals surface area contributed by atoms with E-state index in [1.807, 2.05) is 30.3 Å². The predicted octanol–water partition coefficient (Wildman–Crippen LogP) is 3.05. The third-order valence-electron chi connectivity index (χ3n) is 4.01. The van der Waals surface area contributed by atoms with Gasteiger partial charge in [-0.1, -0.05) is 30.3 Å². The Bertz CT molecular complexity index is 916. The van der Waals surface area contributed by atoms with Gasteiger partial charge < -0.3 is 5.32 Å². The van der Waals surface area contributed by atoms with Gasteiger partial charge in [0.1, 0.15) is 0 Å². The summed E-state index contributed by atoms with van der Waals surface area (Å²) < 4.78 is 24.4. The van der Waals surface area contributed by atoms with Crippen LogP contribution in [-0.4, -0.2) is 25.1 Å². The average molecular weight is 376 g/mol. The Balaban J connectivity index is 2.28. The lowest BCUT2D eigenvalue weighted by atomic mass is 10.0. The number of carbonyl (C=O) groups excluding carboxylic acids is 1. The van der Waals surface area contributed by atoms with Crippen LogP contribution in [0.2, 0.25) is 0 Å². The fourth-order valence-corrected chi connectivity index (χ4v) is 4.37. The number of sulfone groups is 1. The largest absolute Gasteiger partial charge is 0.326 e. The molecular formula is C18H20N2O5S. The number of aryl methyl sites for hydroxylation is 2. The van der Waals surface area contributed by atoms with Gasteiger partial charge in [-0.3, -0.25) is 14.9 Å². The van der Waals surface area contributed by atoms with Crippen LogP contribution in [-0.2, 0) is 14.6 Å². The number of nitrogens with one attached hydrogen (secondary N) is 1. The molecule has 1 amide bonds. The first kappa shape index (κ1) is 19.6. The molecule has 1 N–H and O–H groups in total. The van der Waals surface area contributed by atoms with Crippen LogP contribution in [0.15, 0.2) is 47.4 Å².